The van der Waals surface area contributed by atoms with Crippen LogP contribution >= 0.6 is 0 Å². The summed E-state index contributed by atoms with van der Waals surface area (Å²) in [6.07, 6.45) is 1.12. The van der Waals surface area contributed by atoms with Gasteiger partial charge in [-0.2, -0.15) is 0 Å². The average molecular weight is 186 g/mol. The van der Waals surface area contributed by atoms with Gasteiger partial charge >= 0.3 is 5.97 Å². The zero-order valence-corrected chi connectivity index (χ0v) is 8.36. The van der Waals surface area contributed by atoms with Crippen molar-refractivity contribution in [3.05, 3.63) is 0 Å². The van der Waals surface area contributed by atoms with Gasteiger partial charge in [0.2, 0.25) is 0 Å². The molecular weight excluding hydrogens is 168 g/mol. The fraction of sp³-hybridized carbons (Fsp3) is 0.889. The van der Waals surface area contributed by atoms with Crippen molar-refractivity contribution >= 4 is 5.97 Å². The predicted molar refractivity (Wildman–Crippen MR) is 50.7 cm³/mol. The molecule has 0 spiro atoms. The summed E-state index contributed by atoms with van der Waals surface area (Å²) in [5, 5.41) is 8.63. The van der Waals surface area contributed by atoms with Crippen LogP contribution in [-0.2, 0) is 4.79 Å². The highest BCUT2D eigenvalue weighted by molar-refractivity contribution is 5.71. The summed E-state index contributed by atoms with van der Waals surface area (Å²) >= 11 is 0. The molecule has 0 aromatic carbocycles. The molecule has 0 bridgehead atoms. The van der Waals surface area contributed by atoms with Gasteiger partial charge in [0.1, 0.15) is 0 Å². The van der Waals surface area contributed by atoms with E-state index in [2.05, 4.69) is 23.9 Å². The predicted octanol–water partition coefficient (Wildman–Crippen LogP) is -0.0455. The number of carbonyl (C=O) groups is 1. The Morgan fingerprint density at radius 3 is 2.62 bits per heavy atom. The lowest BCUT2D eigenvalue weighted by molar-refractivity contribution is -0.147. The molecule has 0 aromatic heterocycles. The van der Waals surface area contributed by atoms with Crippen LogP contribution in [0.5, 0.6) is 0 Å². The monoisotopic (exact) mass is 186 g/mol. The Labute approximate surface area is 79.1 Å². The maximum Gasteiger partial charge on any atom is 0.309 e. The second-order valence-corrected chi connectivity index (χ2v) is 3.95. The molecule has 1 rings (SSSR count). The topological polar surface area (TPSA) is 43.8 Å². The van der Waals surface area contributed by atoms with Crippen LogP contribution in [0, 0.1) is 5.92 Å². The van der Waals surface area contributed by atoms with E-state index in [0.717, 1.165) is 32.6 Å². The fourth-order valence-corrected chi connectivity index (χ4v) is 1.52. The average Bonchev–Trinajstić information content (AvgIpc) is 1.92. The molecule has 0 unspecified atom stereocenters. The van der Waals surface area contributed by atoms with Gasteiger partial charge in [0, 0.05) is 13.1 Å². The number of rotatable bonds is 5. The van der Waals surface area contributed by atoms with Crippen LogP contribution in [0.1, 0.15) is 6.42 Å². The summed E-state index contributed by atoms with van der Waals surface area (Å²) < 4.78 is 0. The Kier molecular flexibility index (Phi) is 3.69. The molecule has 4 nitrogen and oxygen atoms in total. The van der Waals surface area contributed by atoms with Crippen LogP contribution in [-0.4, -0.2) is 61.2 Å². The first-order valence-corrected chi connectivity index (χ1v) is 4.69. The van der Waals surface area contributed by atoms with Gasteiger partial charge in [0.05, 0.1) is 5.92 Å². The Bertz CT molecular complexity index is 176. The van der Waals surface area contributed by atoms with Gasteiger partial charge < -0.3 is 14.9 Å². The normalized spacial score (nSPS) is 19.0. The van der Waals surface area contributed by atoms with E-state index in [1.165, 1.54) is 0 Å². The molecule has 76 valence electrons. The summed E-state index contributed by atoms with van der Waals surface area (Å²) in [4.78, 5) is 14.8. The Morgan fingerprint density at radius 1 is 1.54 bits per heavy atom. The number of likely N-dealkylation sites (tertiary alicyclic amines) is 1. The van der Waals surface area contributed by atoms with E-state index in [-0.39, 0.29) is 5.92 Å². The minimum absolute atomic E-state index is 0.112. The van der Waals surface area contributed by atoms with E-state index in [9.17, 15) is 4.79 Å². The summed E-state index contributed by atoms with van der Waals surface area (Å²) in [5.74, 6) is -0.761. The molecule has 13 heavy (non-hydrogen) atoms. The largest absolute Gasteiger partial charge is 0.481 e. The van der Waals surface area contributed by atoms with Crippen molar-refractivity contribution < 1.29 is 9.90 Å². The maximum atomic E-state index is 10.5. The lowest BCUT2D eigenvalue weighted by atomic mass is 10.0. The number of aliphatic carboxylic acids is 1. The standard InChI is InChI=1S/C9H18N2O2/c1-10(2)4-3-5-11-6-8(7-11)9(12)13/h8H,3-7H2,1-2H3,(H,12,13). The quantitative estimate of drug-likeness (QED) is 0.654. The second kappa shape index (κ2) is 4.58. The Morgan fingerprint density at radius 2 is 2.15 bits per heavy atom. The third-order valence-electron chi connectivity index (χ3n) is 2.39. The number of hydrogen-bond donors (Lipinski definition) is 1. The van der Waals surface area contributed by atoms with Gasteiger partial charge in [-0.05, 0) is 33.6 Å². The van der Waals surface area contributed by atoms with Crippen LogP contribution in [0.15, 0.2) is 0 Å². The van der Waals surface area contributed by atoms with Crippen molar-refractivity contribution in [2.24, 2.45) is 5.92 Å². The van der Waals surface area contributed by atoms with E-state index >= 15 is 0 Å². The summed E-state index contributed by atoms with van der Waals surface area (Å²) in [7, 11) is 4.10. The molecule has 1 aliphatic heterocycles. The van der Waals surface area contributed by atoms with E-state index in [4.69, 9.17) is 5.11 Å². The van der Waals surface area contributed by atoms with Crippen molar-refractivity contribution in [2.75, 3.05) is 40.3 Å². The minimum atomic E-state index is -0.649. The molecule has 0 atom stereocenters. The molecule has 4 heteroatoms. The number of carboxylic acid groups (broad SMARTS) is 1. The van der Waals surface area contributed by atoms with E-state index in [0.29, 0.717) is 0 Å². The molecule has 0 aromatic rings. The SMILES string of the molecule is CN(C)CCCN1CC(C(=O)O)C1. The molecule has 1 aliphatic rings. The van der Waals surface area contributed by atoms with E-state index < -0.39 is 5.97 Å². The molecule has 1 saturated heterocycles. The van der Waals surface area contributed by atoms with Crippen molar-refractivity contribution in [2.45, 2.75) is 6.42 Å². The smallest absolute Gasteiger partial charge is 0.309 e. The maximum absolute atomic E-state index is 10.5. The summed E-state index contributed by atoms with van der Waals surface area (Å²) in [5.41, 5.74) is 0. The highest BCUT2D eigenvalue weighted by Crippen LogP contribution is 2.15. The van der Waals surface area contributed by atoms with Crippen LogP contribution in [0.4, 0.5) is 0 Å². The molecule has 0 aliphatic carbocycles. The van der Waals surface area contributed by atoms with Gasteiger partial charge in [-0.15, -0.1) is 0 Å². The minimum Gasteiger partial charge on any atom is -0.481 e. The zero-order valence-electron chi connectivity index (χ0n) is 8.36. The zero-order chi connectivity index (χ0) is 9.84. The van der Waals surface area contributed by atoms with E-state index in [1.807, 2.05) is 0 Å². The molecule has 0 amide bonds. The van der Waals surface area contributed by atoms with E-state index in [1.54, 1.807) is 0 Å². The molecule has 0 radical (unpaired) electrons. The van der Waals surface area contributed by atoms with Gasteiger partial charge in [-0.1, -0.05) is 0 Å². The first kappa shape index (κ1) is 10.5. The van der Waals surface area contributed by atoms with Crippen LogP contribution in [0.3, 0.4) is 0 Å². The highest BCUT2D eigenvalue weighted by atomic mass is 16.4. The van der Waals surface area contributed by atoms with Gasteiger partial charge in [0.15, 0.2) is 0 Å². The number of hydrogen-bond acceptors (Lipinski definition) is 3. The number of nitrogens with zero attached hydrogens (tertiary/aromatic N) is 2. The van der Waals surface area contributed by atoms with Gasteiger partial charge in [0.25, 0.3) is 0 Å². The molecular formula is C9H18N2O2. The Hall–Kier alpha value is -0.610. The molecule has 1 N–H and O–H groups in total. The summed E-state index contributed by atoms with van der Waals surface area (Å²) in [6, 6.07) is 0. The third kappa shape index (κ3) is 3.32. The number of carboxylic acids is 1. The van der Waals surface area contributed by atoms with Gasteiger partial charge in [-0.25, -0.2) is 0 Å². The van der Waals surface area contributed by atoms with Crippen molar-refractivity contribution in [3.63, 3.8) is 0 Å². The molecule has 0 saturated carbocycles. The lowest BCUT2D eigenvalue weighted by Crippen LogP contribution is -2.50. The first-order chi connectivity index (χ1) is 6.09. The first-order valence-electron chi connectivity index (χ1n) is 4.69. The molecule has 1 fully saturated rings. The lowest BCUT2D eigenvalue weighted by Gasteiger charge is -2.36. The van der Waals surface area contributed by atoms with Crippen molar-refractivity contribution in [1.29, 1.82) is 0 Å². The van der Waals surface area contributed by atoms with Crippen LogP contribution < -0.4 is 0 Å². The highest BCUT2D eigenvalue weighted by Gasteiger charge is 2.31. The van der Waals surface area contributed by atoms with Crippen molar-refractivity contribution in [3.8, 4) is 0 Å². The van der Waals surface area contributed by atoms with Crippen LogP contribution in [0.2, 0.25) is 0 Å². The second-order valence-electron chi connectivity index (χ2n) is 3.95. The Balaban J connectivity index is 1.99. The van der Waals surface area contributed by atoms with Gasteiger partial charge in [-0.3, -0.25) is 4.79 Å². The van der Waals surface area contributed by atoms with Crippen molar-refractivity contribution in [1.82, 2.24) is 9.80 Å². The molecule has 1 heterocycles. The fourth-order valence-electron chi connectivity index (χ4n) is 1.52. The third-order valence-corrected chi connectivity index (χ3v) is 2.39. The van der Waals surface area contributed by atoms with Crippen LogP contribution in [0.25, 0.3) is 0 Å². The summed E-state index contributed by atoms with van der Waals surface area (Å²) in [6.45, 7) is 3.59.